The number of guanidine groups is 1. The third kappa shape index (κ3) is 8.85. The van der Waals surface area contributed by atoms with E-state index in [1.54, 1.807) is 26.4 Å². The summed E-state index contributed by atoms with van der Waals surface area (Å²) in [6.07, 6.45) is 0.909. The second-order valence-electron chi connectivity index (χ2n) is 6.29. The maximum atomic E-state index is 12.9. The van der Waals surface area contributed by atoms with Crippen LogP contribution in [0.5, 0.6) is 11.5 Å². The van der Waals surface area contributed by atoms with Crippen molar-refractivity contribution in [1.29, 1.82) is 0 Å². The number of ether oxygens (including phenoxy) is 2. The van der Waals surface area contributed by atoms with E-state index in [4.69, 9.17) is 15.2 Å². The fourth-order valence-corrected chi connectivity index (χ4v) is 2.64. The molecule has 0 spiro atoms. The number of hydrogen-bond donors (Lipinski definition) is 3. The van der Waals surface area contributed by atoms with Gasteiger partial charge in [0.2, 0.25) is 5.91 Å². The highest BCUT2D eigenvalue weighted by Gasteiger charge is 2.05. The van der Waals surface area contributed by atoms with Crippen molar-refractivity contribution in [3.8, 4) is 11.5 Å². The summed E-state index contributed by atoms with van der Waals surface area (Å²) < 4.78 is 23.4. The number of benzene rings is 2. The minimum atomic E-state index is -0.320. The number of methoxy groups -OCH3 is 2. The van der Waals surface area contributed by atoms with Gasteiger partial charge in [-0.1, -0.05) is 18.2 Å². The molecule has 0 unspecified atom stereocenters. The van der Waals surface area contributed by atoms with Gasteiger partial charge in [0.25, 0.3) is 0 Å². The molecule has 1 amide bonds. The van der Waals surface area contributed by atoms with Crippen LogP contribution in [-0.4, -0.2) is 45.7 Å². The Morgan fingerprint density at radius 3 is 2.30 bits per heavy atom. The average molecular weight is 530 g/mol. The van der Waals surface area contributed by atoms with Crippen molar-refractivity contribution >= 4 is 35.8 Å². The largest absolute Gasteiger partial charge is 0.493 e. The van der Waals surface area contributed by atoms with Crippen LogP contribution in [0.1, 0.15) is 11.1 Å². The molecule has 0 saturated carbocycles. The van der Waals surface area contributed by atoms with E-state index in [2.05, 4.69) is 15.6 Å². The monoisotopic (exact) mass is 530 g/mol. The van der Waals surface area contributed by atoms with Crippen LogP contribution >= 0.6 is 24.0 Å². The molecule has 0 aliphatic heterocycles. The summed E-state index contributed by atoms with van der Waals surface area (Å²) >= 11 is 0. The highest BCUT2D eigenvalue weighted by Crippen LogP contribution is 2.27. The van der Waals surface area contributed by atoms with Gasteiger partial charge in [-0.05, 0) is 41.8 Å². The molecular weight excluding hydrogens is 502 g/mol. The second-order valence-corrected chi connectivity index (χ2v) is 6.29. The Morgan fingerprint density at radius 2 is 1.63 bits per heavy atom. The smallest absolute Gasteiger partial charge is 0.224 e. The van der Waals surface area contributed by atoms with Crippen molar-refractivity contribution in [1.82, 2.24) is 10.6 Å². The van der Waals surface area contributed by atoms with Crippen LogP contribution in [0.3, 0.4) is 0 Å². The maximum Gasteiger partial charge on any atom is 0.224 e. The van der Waals surface area contributed by atoms with Gasteiger partial charge in [0.15, 0.2) is 17.5 Å². The summed E-state index contributed by atoms with van der Waals surface area (Å²) in [5.74, 6) is 1.22. The number of nitrogens with one attached hydrogen (secondary N) is 2. The minimum absolute atomic E-state index is 0. The van der Waals surface area contributed by atoms with Gasteiger partial charge in [0.05, 0.1) is 20.6 Å². The lowest BCUT2D eigenvalue weighted by Crippen LogP contribution is -2.39. The van der Waals surface area contributed by atoms with Gasteiger partial charge in [0, 0.05) is 19.6 Å². The van der Waals surface area contributed by atoms with Crippen molar-refractivity contribution < 1.29 is 18.7 Å². The summed E-state index contributed by atoms with van der Waals surface area (Å²) in [6.45, 7) is 1.39. The molecule has 0 saturated heterocycles. The minimum Gasteiger partial charge on any atom is -0.493 e. The molecule has 30 heavy (non-hydrogen) atoms. The predicted molar refractivity (Wildman–Crippen MR) is 126 cm³/mol. The van der Waals surface area contributed by atoms with Crippen molar-refractivity contribution in [2.24, 2.45) is 10.7 Å². The molecule has 7 nitrogen and oxygen atoms in total. The van der Waals surface area contributed by atoms with E-state index in [0.29, 0.717) is 43.5 Å². The van der Waals surface area contributed by atoms with E-state index >= 15 is 0 Å². The van der Waals surface area contributed by atoms with Crippen LogP contribution in [0.15, 0.2) is 47.5 Å². The second kappa shape index (κ2) is 13.6. The number of carbonyl (C=O) groups is 1. The molecule has 0 heterocycles. The van der Waals surface area contributed by atoms with Gasteiger partial charge >= 0.3 is 0 Å². The predicted octanol–water partition coefficient (Wildman–Crippen LogP) is 2.27. The molecule has 2 rings (SSSR count). The van der Waals surface area contributed by atoms with Crippen LogP contribution in [0, 0.1) is 5.82 Å². The van der Waals surface area contributed by atoms with Crippen molar-refractivity contribution in [2.75, 3.05) is 33.9 Å². The fraction of sp³-hybridized carbons (Fsp3) is 0.333. The van der Waals surface area contributed by atoms with Gasteiger partial charge in [-0.2, -0.15) is 0 Å². The number of nitrogens with zero attached hydrogens (tertiary/aromatic N) is 1. The Hall–Kier alpha value is -2.56. The quantitative estimate of drug-likeness (QED) is 0.190. The molecule has 164 valence electrons. The zero-order chi connectivity index (χ0) is 21.1. The molecular formula is C21H28FIN4O3. The van der Waals surface area contributed by atoms with Crippen LogP contribution in [-0.2, 0) is 17.6 Å². The number of carbonyl (C=O) groups excluding carboxylic acids is 1. The number of aliphatic imine (C=N–C) groups is 1. The SMILES string of the molecule is COc1ccc(CCN=C(N)NCCNC(=O)Cc2ccc(F)cc2)cc1OC.I. The lowest BCUT2D eigenvalue weighted by atomic mass is 10.1. The topological polar surface area (TPSA) is 98.0 Å². The highest BCUT2D eigenvalue weighted by atomic mass is 127. The molecule has 2 aromatic carbocycles. The third-order valence-corrected chi connectivity index (χ3v) is 4.16. The molecule has 0 aliphatic carbocycles. The van der Waals surface area contributed by atoms with Gasteiger partial charge in [-0.15, -0.1) is 24.0 Å². The molecule has 0 radical (unpaired) electrons. The molecule has 9 heteroatoms. The van der Waals surface area contributed by atoms with E-state index < -0.39 is 0 Å². The third-order valence-electron chi connectivity index (χ3n) is 4.16. The van der Waals surface area contributed by atoms with Crippen LogP contribution in [0.2, 0.25) is 0 Å². The Bertz CT molecular complexity index is 832. The standard InChI is InChI=1S/C21H27FN4O3.HI/c1-28-18-8-5-16(13-19(18)29-2)9-10-25-21(23)26-12-11-24-20(27)14-15-3-6-17(22)7-4-15;/h3-8,13H,9-12,14H2,1-2H3,(H,24,27)(H3,23,25,26);1H. The molecule has 0 aliphatic rings. The number of amides is 1. The first-order valence-corrected chi connectivity index (χ1v) is 9.27. The average Bonchev–Trinajstić information content (AvgIpc) is 2.72. The lowest BCUT2D eigenvalue weighted by Gasteiger charge is -2.09. The van der Waals surface area contributed by atoms with Gasteiger partial charge in [-0.3, -0.25) is 9.79 Å². The summed E-state index contributed by atoms with van der Waals surface area (Å²) in [4.78, 5) is 16.1. The molecule has 0 bridgehead atoms. The van der Waals surface area contributed by atoms with E-state index in [9.17, 15) is 9.18 Å². The summed E-state index contributed by atoms with van der Waals surface area (Å²) in [6, 6.07) is 11.6. The molecule has 2 aromatic rings. The van der Waals surface area contributed by atoms with Crippen LogP contribution in [0.4, 0.5) is 4.39 Å². The fourth-order valence-electron chi connectivity index (χ4n) is 2.64. The number of hydrogen-bond acceptors (Lipinski definition) is 4. The summed E-state index contributed by atoms with van der Waals surface area (Å²) in [5.41, 5.74) is 7.66. The van der Waals surface area contributed by atoms with Crippen LogP contribution < -0.4 is 25.8 Å². The van der Waals surface area contributed by atoms with Gasteiger partial charge in [0.1, 0.15) is 5.82 Å². The molecule has 0 fully saturated rings. The first-order valence-electron chi connectivity index (χ1n) is 9.27. The van der Waals surface area contributed by atoms with Gasteiger partial charge < -0.3 is 25.8 Å². The van der Waals surface area contributed by atoms with E-state index in [1.807, 2.05) is 18.2 Å². The lowest BCUT2D eigenvalue weighted by molar-refractivity contribution is -0.120. The van der Waals surface area contributed by atoms with E-state index in [1.165, 1.54) is 12.1 Å². The maximum absolute atomic E-state index is 12.9. The van der Waals surface area contributed by atoms with Crippen molar-refractivity contribution in [3.63, 3.8) is 0 Å². The Balaban J connectivity index is 0.00000450. The van der Waals surface area contributed by atoms with E-state index in [-0.39, 0.29) is 42.1 Å². The molecule has 0 aromatic heterocycles. The van der Waals surface area contributed by atoms with E-state index in [0.717, 1.165) is 11.1 Å². The van der Waals surface area contributed by atoms with Gasteiger partial charge in [-0.25, -0.2) is 4.39 Å². The first-order chi connectivity index (χ1) is 14.0. The highest BCUT2D eigenvalue weighted by molar-refractivity contribution is 14.0. The Kier molecular flexibility index (Phi) is 11.6. The summed E-state index contributed by atoms with van der Waals surface area (Å²) in [7, 11) is 3.19. The van der Waals surface area contributed by atoms with Crippen molar-refractivity contribution in [2.45, 2.75) is 12.8 Å². The molecule has 4 N–H and O–H groups in total. The number of rotatable bonds is 10. The van der Waals surface area contributed by atoms with Crippen molar-refractivity contribution in [3.05, 3.63) is 59.4 Å². The molecule has 0 atom stereocenters. The Morgan fingerprint density at radius 1 is 1.00 bits per heavy atom. The number of halogens is 2. The zero-order valence-electron chi connectivity index (χ0n) is 17.1. The first kappa shape index (κ1) is 25.5. The Labute approximate surface area is 193 Å². The number of nitrogens with two attached hydrogens (primary N) is 1. The zero-order valence-corrected chi connectivity index (χ0v) is 19.4. The normalized spacial score (nSPS) is 10.7. The van der Waals surface area contributed by atoms with Crippen LogP contribution in [0.25, 0.3) is 0 Å². The summed E-state index contributed by atoms with van der Waals surface area (Å²) in [5, 5.41) is 5.73.